The van der Waals surface area contributed by atoms with Crippen LogP contribution in [-0.4, -0.2) is 32.2 Å². The molecule has 1 heterocycles. The molecule has 3 rings (SSSR count). The van der Waals surface area contributed by atoms with Gasteiger partial charge in [0.05, 0.1) is 24.6 Å². The Morgan fingerprint density at radius 3 is 2.60 bits per heavy atom. The molecular formula is C19H18BrFN2O2. The summed E-state index contributed by atoms with van der Waals surface area (Å²) in [4.78, 5) is 14.5. The van der Waals surface area contributed by atoms with Gasteiger partial charge in [-0.05, 0) is 42.0 Å². The van der Waals surface area contributed by atoms with E-state index in [2.05, 4.69) is 26.1 Å². The molecule has 0 unspecified atom stereocenters. The first-order chi connectivity index (χ1) is 12.1. The van der Waals surface area contributed by atoms with Gasteiger partial charge in [0.25, 0.3) is 0 Å². The van der Waals surface area contributed by atoms with Crippen LogP contribution in [0.1, 0.15) is 5.56 Å². The number of halogens is 2. The zero-order valence-corrected chi connectivity index (χ0v) is 15.1. The second-order valence-electron chi connectivity index (χ2n) is 5.64. The van der Waals surface area contributed by atoms with Crippen LogP contribution in [0.25, 0.3) is 6.08 Å². The SMILES string of the molecule is O=C(/C=C/c1ccc(F)cc1)Nc1cc(Br)ccc1N1CCOCC1. The van der Waals surface area contributed by atoms with Crippen molar-refractivity contribution < 1.29 is 13.9 Å². The van der Waals surface area contributed by atoms with Gasteiger partial charge in [-0.1, -0.05) is 28.1 Å². The Morgan fingerprint density at radius 2 is 1.88 bits per heavy atom. The number of nitrogens with one attached hydrogen (secondary N) is 1. The fourth-order valence-corrected chi connectivity index (χ4v) is 2.97. The summed E-state index contributed by atoms with van der Waals surface area (Å²) in [6.45, 7) is 2.92. The van der Waals surface area contributed by atoms with Crippen LogP contribution in [0.4, 0.5) is 15.8 Å². The van der Waals surface area contributed by atoms with Gasteiger partial charge in [0.1, 0.15) is 5.82 Å². The average Bonchev–Trinajstić information content (AvgIpc) is 2.62. The summed E-state index contributed by atoms with van der Waals surface area (Å²) >= 11 is 3.44. The summed E-state index contributed by atoms with van der Waals surface area (Å²) in [5.41, 5.74) is 2.47. The zero-order valence-electron chi connectivity index (χ0n) is 13.5. The van der Waals surface area contributed by atoms with Gasteiger partial charge in [-0.25, -0.2) is 4.39 Å². The molecule has 0 aromatic heterocycles. The Morgan fingerprint density at radius 1 is 1.16 bits per heavy atom. The molecule has 1 aliphatic rings. The maximum atomic E-state index is 12.9. The van der Waals surface area contributed by atoms with Crippen LogP contribution >= 0.6 is 15.9 Å². The average molecular weight is 405 g/mol. The fraction of sp³-hybridized carbons (Fsp3) is 0.211. The van der Waals surface area contributed by atoms with E-state index in [0.29, 0.717) is 13.2 Å². The number of hydrogen-bond donors (Lipinski definition) is 1. The lowest BCUT2D eigenvalue weighted by molar-refractivity contribution is -0.111. The molecular weight excluding hydrogens is 387 g/mol. The lowest BCUT2D eigenvalue weighted by Crippen LogP contribution is -2.36. The number of benzene rings is 2. The molecule has 0 saturated carbocycles. The van der Waals surface area contributed by atoms with Crippen LogP contribution in [0.2, 0.25) is 0 Å². The normalized spacial score (nSPS) is 14.7. The predicted molar refractivity (Wildman–Crippen MR) is 101 cm³/mol. The Labute approximate surface area is 154 Å². The molecule has 6 heteroatoms. The molecule has 2 aromatic rings. The van der Waals surface area contributed by atoms with Gasteiger partial charge >= 0.3 is 0 Å². The van der Waals surface area contributed by atoms with Gasteiger partial charge < -0.3 is 15.0 Å². The van der Waals surface area contributed by atoms with Crippen LogP contribution in [0.3, 0.4) is 0 Å². The van der Waals surface area contributed by atoms with Crippen molar-refractivity contribution in [3.05, 3.63) is 64.4 Å². The van der Waals surface area contributed by atoms with E-state index in [0.717, 1.165) is 34.5 Å². The largest absolute Gasteiger partial charge is 0.378 e. The van der Waals surface area contributed by atoms with Crippen LogP contribution in [0.15, 0.2) is 53.0 Å². The Kier molecular flexibility index (Phi) is 5.83. The van der Waals surface area contributed by atoms with Crippen molar-refractivity contribution in [3.63, 3.8) is 0 Å². The van der Waals surface area contributed by atoms with Crippen LogP contribution in [0, 0.1) is 5.82 Å². The third kappa shape index (κ3) is 4.90. The molecule has 0 aliphatic carbocycles. The summed E-state index contributed by atoms with van der Waals surface area (Å²) in [6, 6.07) is 11.8. The number of carbonyl (C=O) groups is 1. The van der Waals surface area contributed by atoms with E-state index in [1.165, 1.54) is 18.2 Å². The van der Waals surface area contributed by atoms with Crippen molar-refractivity contribution in [2.24, 2.45) is 0 Å². The number of carbonyl (C=O) groups excluding carboxylic acids is 1. The van der Waals surface area contributed by atoms with E-state index in [4.69, 9.17) is 4.74 Å². The monoisotopic (exact) mass is 404 g/mol. The molecule has 130 valence electrons. The van der Waals surface area contributed by atoms with Gasteiger partial charge in [0.15, 0.2) is 0 Å². The Bertz CT molecular complexity index is 771. The maximum absolute atomic E-state index is 12.9. The van der Waals surface area contributed by atoms with E-state index >= 15 is 0 Å². The molecule has 1 fully saturated rings. The smallest absolute Gasteiger partial charge is 0.248 e. The number of hydrogen-bond acceptors (Lipinski definition) is 3. The Hall–Kier alpha value is -2.18. The summed E-state index contributed by atoms with van der Waals surface area (Å²) in [5.74, 6) is -0.539. The van der Waals surface area contributed by atoms with E-state index in [9.17, 15) is 9.18 Å². The van der Waals surface area contributed by atoms with Crippen molar-refractivity contribution in [2.45, 2.75) is 0 Å². The predicted octanol–water partition coefficient (Wildman–Crippen LogP) is 4.08. The molecule has 0 atom stereocenters. The number of anilines is 2. The number of morpholine rings is 1. The van der Waals surface area contributed by atoms with E-state index in [1.807, 2.05) is 18.2 Å². The van der Waals surface area contributed by atoms with E-state index in [-0.39, 0.29) is 11.7 Å². The number of amides is 1. The first-order valence-electron chi connectivity index (χ1n) is 7.99. The number of rotatable bonds is 4. The van der Waals surface area contributed by atoms with Gasteiger partial charge in [0.2, 0.25) is 5.91 Å². The highest BCUT2D eigenvalue weighted by atomic mass is 79.9. The van der Waals surface area contributed by atoms with Crippen molar-refractivity contribution >= 4 is 39.3 Å². The van der Waals surface area contributed by atoms with Gasteiger partial charge in [-0.3, -0.25) is 4.79 Å². The standard InChI is InChI=1S/C19H18BrFN2O2/c20-15-4-7-18(23-9-11-25-12-10-23)17(13-15)22-19(24)8-3-14-1-5-16(21)6-2-14/h1-8,13H,9-12H2,(H,22,24)/b8-3+. The van der Waals surface area contributed by atoms with Crippen molar-refractivity contribution in [2.75, 3.05) is 36.5 Å². The highest BCUT2D eigenvalue weighted by molar-refractivity contribution is 9.10. The molecule has 25 heavy (non-hydrogen) atoms. The molecule has 1 saturated heterocycles. The fourth-order valence-electron chi connectivity index (χ4n) is 2.61. The maximum Gasteiger partial charge on any atom is 0.248 e. The highest BCUT2D eigenvalue weighted by Crippen LogP contribution is 2.30. The third-order valence-corrected chi connectivity index (χ3v) is 4.36. The molecule has 4 nitrogen and oxygen atoms in total. The minimum atomic E-state index is -0.300. The lowest BCUT2D eigenvalue weighted by atomic mass is 10.2. The van der Waals surface area contributed by atoms with Crippen molar-refractivity contribution in [1.29, 1.82) is 0 Å². The summed E-state index contributed by atoms with van der Waals surface area (Å²) in [6.07, 6.45) is 3.10. The second kappa shape index (κ2) is 8.27. The topological polar surface area (TPSA) is 41.6 Å². The molecule has 1 N–H and O–H groups in total. The van der Waals surface area contributed by atoms with E-state index in [1.54, 1.807) is 18.2 Å². The van der Waals surface area contributed by atoms with E-state index < -0.39 is 0 Å². The quantitative estimate of drug-likeness (QED) is 0.780. The zero-order chi connectivity index (χ0) is 17.6. The number of ether oxygens (including phenoxy) is 1. The molecule has 2 aromatic carbocycles. The highest BCUT2D eigenvalue weighted by Gasteiger charge is 2.16. The van der Waals surface area contributed by atoms with Crippen LogP contribution in [-0.2, 0) is 9.53 Å². The summed E-state index contributed by atoms with van der Waals surface area (Å²) < 4.78 is 19.2. The minimum absolute atomic E-state index is 0.239. The molecule has 1 amide bonds. The van der Waals surface area contributed by atoms with Gasteiger partial charge in [-0.15, -0.1) is 0 Å². The lowest BCUT2D eigenvalue weighted by Gasteiger charge is -2.30. The molecule has 0 spiro atoms. The summed E-state index contributed by atoms with van der Waals surface area (Å²) in [5, 5.41) is 2.92. The summed E-state index contributed by atoms with van der Waals surface area (Å²) in [7, 11) is 0. The first kappa shape index (κ1) is 17.6. The van der Waals surface area contributed by atoms with Crippen LogP contribution in [0.5, 0.6) is 0 Å². The number of nitrogens with zero attached hydrogens (tertiary/aromatic N) is 1. The van der Waals surface area contributed by atoms with Crippen molar-refractivity contribution in [3.8, 4) is 0 Å². The molecule has 0 radical (unpaired) electrons. The van der Waals surface area contributed by atoms with Crippen molar-refractivity contribution in [1.82, 2.24) is 0 Å². The van der Waals surface area contributed by atoms with Gasteiger partial charge in [0, 0.05) is 23.6 Å². The second-order valence-corrected chi connectivity index (χ2v) is 6.55. The third-order valence-electron chi connectivity index (χ3n) is 3.87. The van der Waals surface area contributed by atoms with Crippen LogP contribution < -0.4 is 10.2 Å². The Balaban J connectivity index is 1.73. The minimum Gasteiger partial charge on any atom is -0.378 e. The molecule has 1 aliphatic heterocycles. The van der Waals surface area contributed by atoms with Gasteiger partial charge in [-0.2, -0.15) is 0 Å². The molecule has 0 bridgehead atoms. The first-order valence-corrected chi connectivity index (χ1v) is 8.78.